The molecule has 0 radical (unpaired) electrons. The molecular formula is C21H45B4NO2. The standard InChI is InChI=1S/C21H45B4NO2/c1-18(2,3)17(27)12-13-21(9,26)28-14-20(7,8)25(23)16-11-10-15(16)24(22)19(4,5)6/h15-16H,10-14,22-23,26H2,1-9H3. The van der Waals surface area contributed by atoms with Crippen molar-refractivity contribution in [3.05, 3.63) is 0 Å². The molecule has 1 fully saturated rings. The third-order valence-electron chi connectivity index (χ3n) is 7.73. The molecule has 3 unspecified atom stereocenters. The highest BCUT2D eigenvalue weighted by atomic mass is 16.5. The van der Waals surface area contributed by atoms with Crippen LogP contribution in [0.5, 0.6) is 0 Å². The molecule has 3 nitrogen and oxygen atoms in total. The topological polar surface area (TPSA) is 52.3 Å². The van der Waals surface area contributed by atoms with Crippen LogP contribution in [0, 0.1) is 5.41 Å². The van der Waals surface area contributed by atoms with E-state index in [1.807, 2.05) is 27.7 Å². The fourth-order valence-corrected chi connectivity index (χ4v) is 4.31. The smallest absolute Gasteiger partial charge is 0.138 e. The van der Waals surface area contributed by atoms with Crippen molar-refractivity contribution in [3.63, 3.8) is 0 Å². The molecule has 0 heterocycles. The minimum absolute atomic E-state index is 0.0651. The van der Waals surface area contributed by atoms with Crippen molar-refractivity contribution in [2.75, 3.05) is 6.61 Å². The molecule has 0 bridgehead atoms. The summed E-state index contributed by atoms with van der Waals surface area (Å²) < 4.78 is 6.19. The number of Topliss-reactive ketones (excluding diaryl/α,β-unsaturated/α-hetero) is 1. The van der Waals surface area contributed by atoms with Gasteiger partial charge in [0.15, 0.2) is 0 Å². The van der Waals surface area contributed by atoms with Crippen LogP contribution in [0.2, 0.25) is 22.3 Å². The highest BCUT2D eigenvalue weighted by molar-refractivity contribution is 7.10. The Bertz CT molecular complexity index is 538. The van der Waals surface area contributed by atoms with Crippen LogP contribution in [0.25, 0.3) is 0 Å². The first-order valence-corrected chi connectivity index (χ1v) is 11.3. The fourth-order valence-electron chi connectivity index (χ4n) is 4.31. The summed E-state index contributed by atoms with van der Waals surface area (Å²) in [4.78, 5) is 12.2. The molecule has 2 N–H and O–H groups in total. The maximum absolute atomic E-state index is 12.2. The van der Waals surface area contributed by atoms with E-state index in [0.29, 0.717) is 31.4 Å². The van der Waals surface area contributed by atoms with E-state index in [1.165, 1.54) is 12.8 Å². The number of ether oxygens (including phenoxy) is 1. The van der Waals surface area contributed by atoms with Crippen molar-refractivity contribution >= 4 is 34.5 Å². The lowest BCUT2D eigenvalue weighted by molar-refractivity contribution is -0.128. The van der Waals surface area contributed by atoms with Crippen LogP contribution in [-0.4, -0.2) is 46.8 Å². The Morgan fingerprint density at radius 2 is 1.43 bits per heavy atom. The van der Waals surface area contributed by atoms with Gasteiger partial charge >= 0.3 is 0 Å². The van der Waals surface area contributed by atoms with Gasteiger partial charge in [0, 0.05) is 18.4 Å². The van der Waals surface area contributed by atoms with Gasteiger partial charge < -0.3 is 10.5 Å². The lowest BCUT2D eigenvalue weighted by Crippen LogP contribution is -2.49. The number of hydrogen-bond acceptors (Lipinski definition) is 3. The second-order valence-corrected chi connectivity index (χ2v) is 12.6. The molecule has 0 spiro atoms. The van der Waals surface area contributed by atoms with Crippen molar-refractivity contribution in [1.29, 1.82) is 0 Å². The summed E-state index contributed by atoms with van der Waals surface area (Å²) >= 11 is 0. The van der Waals surface area contributed by atoms with E-state index in [1.54, 1.807) is 0 Å². The SMILES string of the molecule is BB(C1CCC1B(B)C(C)(C)COC(C)(N)CCC(=O)C(C)(C)C)C(C)(C)C. The number of rotatable bonds is 9. The molecule has 3 atom stereocenters. The highest BCUT2D eigenvalue weighted by Crippen LogP contribution is 2.55. The van der Waals surface area contributed by atoms with Crippen molar-refractivity contribution in [3.8, 4) is 0 Å². The number of carbonyl (C=O) groups is 1. The third-order valence-corrected chi connectivity index (χ3v) is 7.73. The van der Waals surface area contributed by atoms with Crippen LogP contribution in [0.3, 0.4) is 0 Å². The summed E-state index contributed by atoms with van der Waals surface area (Å²) in [6.07, 6.45) is 3.73. The van der Waals surface area contributed by atoms with Crippen LogP contribution >= 0.6 is 0 Å². The van der Waals surface area contributed by atoms with Crippen LogP contribution in [0.4, 0.5) is 0 Å². The Hall–Kier alpha value is -0.150. The average molecular weight is 387 g/mol. The Balaban J connectivity index is 2.63. The van der Waals surface area contributed by atoms with Gasteiger partial charge in [-0.2, -0.15) is 0 Å². The van der Waals surface area contributed by atoms with E-state index < -0.39 is 5.72 Å². The lowest BCUT2D eigenvalue weighted by atomic mass is 9.05. The summed E-state index contributed by atoms with van der Waals surface area (Å²) in [7, 11) is 4.82. The molecule has 1 aliphatic rings. The first-order chi connectivity index (χ1) is 12.4. The van der Waals surface area contributed by atoms with E-state index in [-0.39, 0.29) is 16.5 Å². The monoisotopic (exact) mass is 387 g/mol. The predicted octanol–water partition coefficient (Wildman–Crippen LogP) is 3.44. The van der Waals surface area contributed by atoms with Gasteiger partial charge in [-0.1, -0.05) is 85.2 Å². The van der Waals surface area contributed by atoms with Crippen LogP contribution in [0.1, 0.15) is 88.0 Å². The zero-order valence-electron chi connectivity index (χ0n) is 20.7. The van der Waals surface area contributed by atoms with E-state index in [4.69, 9.17) is 10.5 Å². The molecule has 0 aliphatic heterocycles. The van der Waals surface area contributed by atoms with Gasteiger partial charge in [-0.05, 0) is 18.7 Å². The molecule has 0 aromatic rings. The largest absolute Gasteiger partial charge is 0.361 e. The molecule has 1 aliphatic carbocycles. The summed E-state index contributed by atoms with van der Waals surface area (Å²) in [6.45, 7) is 21.5. The molecule has 28 heavy (non-hydrogen) atoms. The van der Waals surface area contributed by atoms with Crippen LogP contribution in [-0.2, 0) is 9.53 Å². The zero-order valence-corrected chi connectivity index (χ0v) is 20.7. The van der Waals surface area contributed by atoms with Gasteiger partial charge in [0.25, 0.3) is 0 Å². The minimum atomic E-state index is -0.754. The van der Waals surface area contributed by atoms with E-state index in [2.05, 4.69) is 50.1 Å². The van der Waals surface area contributed by atoms with Crippen molar-refractivity contribution < 1.29 is 9.53 Å². The zero-order chi connectivity index (χ0) is 22.1. The summed E-state index contributed by atoms with van der Waals surface area (Å²) in [5, 5.41) is 0.425. The van der Waals surface area contributed by atoms with Gasteiger partial charge in [-0.15, -0.1) is 0 Å². The van der Waals surface area contributed by atoms with Crippen LogP contribution in [0.15, 0.2) is 0 Å². The third kappa shape index (κ3) is 6.97. The molecule has 0 aromatic carbocycles. The lowest BCUT2D eigenvalue weighted by Gasteiger charge is -2.50. The minimum Gasteiger partial charge on any atom is -0.361 e. The second kappa shape index (κ2) is 8.92. The Morgan fingerprint density at radius 1 is 0.964 bits per heavy atom. The normalized spacial score (nSPS) is 22.9. The van der Waals surface area contributed by atoms with Crippen molar-refractivity contribution in [1.82, 2.24) is 0 Å². The first kappa shape index (κ1) is 25.9. The molecular weight excluding hydrogens is 341 g/mol. The number of ketones is 1. The van der Waals surface area contributed by atoms with Gasteiger partial charge in [-0.3, -0.25) is 4.79 Å². The van der Waals surface area contributed by atoms with Crippen molar-refractivity contribution in [2.45, 2.75) is 116 Å². The van der Waals surface area contributed by atoms with Gasteiger partial charge in [-0.25, -0.2) is 0 Å². The molecule has 0 aromatic heterocycles. The average Bonchev–Trinajstić information content (AvgIpc) is 2.48. The van der Waals surface area contributed by atoms with Gasteiger partial charge in [0.1, 0.15) is 24.7 Å². The fraction of sp³-hybridized carbons (Fsp3) is 0.952. The maximum Gasteiger partial charge on any atom is 0.138 e. The van der Waals surface area contributed by atoms with Gasteiger partial charge in [0.2, 0.25) is 0 Å². The first-order valence-electron chi connectivity index (χ1n) is 11.3. The Labute approximate surface area is 178 Å². The summed E-state index contributed by atoms with van der Waals surface area (Å²) in [5.41, 5.74) is 5.33. The molecule has 1 rings (SSSR count). The number of hydrogen-bond donors (Lipinski definition) is 1. The van der Waals surface area contributed by atoms with E-state index >= 15 is 0 Å². The highest BCUT2D eigenvalue weighted by Gasteiger charge is 2.48. The van der Waals surface area contributed by atoms with Crippen LogP contribution < -0.4 is 5.73 Å². The quantitative estimate of drug-likeness (QED) is 0.488. The van der Waals surface area contributed by atoms with Gasteiger partial charge in [0.05, 0.1) is 15.5 Å². The van der Waals surface area contributed by atoms with E-state index in [0.717, 1.165) is 18.2 Å². The second-order valence-electron chi connectivity index (χ2n) is 12.6. The van der Waals surface area contributed by atoms with Crippen molar-refractivity contribution in [2.24, 2.45) is 11.1 Å². The Kier molecular flexibility index (Phi) is 8.25. The predicted molar refractivity (Wildman–Crippen MR) is 131 cm³/mol. The Morgan fingerprint density at radius 3 is 1.82 bits per heavy atom. The van der Waals surface area contributed by atoms with E-state index in [9.17, 15) is 4.79 Å². The molecule has 0 amide bonds. The number of nitrogens with two attached hydrogens (primary N) is 1. The molecule has 158 valence electrons. The molecule has 1 saturated carbocycles. The molecule has 0 saturated heterocycles. The molecule has 7 heteroatoms. The summed E-state index contributed by atoms with van der Waals surface area (Å²) in [5.74, 6) is 1.82. The number of carbonyl (C=O) groups excluding carboxylic acids is 1. The maximum atomic E-state index is 12.2. The summed E-state index contributed by atoms with van der Waals surface area (Å²) in [6, 6.07) is 0.